The topological polar surface area (TPSA) is 51.6 Å². The number of fused-ring (bicyclic) bond motifs is 1. The summed E-state index contributed by atoms with van der Waals surface area (Å²) in [5.74, 6) is -0.280. The third kappa shape index (κ3) is 1.59. The Kier molecular flexibility index (Phi) is 2.57. The minimum Gasteiger partial charge on any atom is -0.358 e. The molecule has 0 spiro atoms. The number of hydrogen-bond acceptors (Lipinski definition) is 2. The molecule has 18 heavy (non-hydrogen) atoms. The average Bonchev–Trinajstić information content (AvgIpc) is 2.96. The van der Waals surface area contributed by atoms with Crippen LogP contribution in [0.1, 0.15) is 35.7 Å². The predicted molar refractivity (Wildman–Crippen MR) is 67.7 cm³/mol. The Morgan fingerprint density at radius 3 is 2.94 bits per heavy atom. The van der Waals surface area contributed by atoms with Crippen molar-refractivity contribution in [3.63, 3.8) is 0 Å². The van der Waals surface area contributed by atoms with Crippen LogP contribution in [0.5, 0.6) is 0 Å². The Labute approximate surface area is 105 Å². The highest BCUT2D eigenvalue weighted by Crippen LogP contribution is 2.34. The molecule has 1 saturated heterocycles. The van der Waals surface area contributed by atoms with Gasteiger partial charge in [-0.1, -0.05) is 0 Å². The molecule has 4 heteroatoms. The van der Waals surface area contributed by atoms with Gasteiger partial charge in [-0.2, -0.15) is 5.26 Å². The highest BCUT2D eigenvalue weighted by molar-refractivity contribution is 5.89. The molecule has 1 unspecified atom stereocenters. The fourth-order valence-corrected chi connectivity index (χ4v) is 2.79. The van der Waals surface area contributed by atoms with E-state index in [-0.39, 0.29) is 11.9 Å². The van der Waals surface area contributed by atoms with Gasteiger partial charge in [0.05, 0.1) is 11.1 Å². The van der Waals surface area contributed by atoms with E-state index in [1.165, 1.54) is 6.07 Å². The molecular weight excluding hydrogens is 229 g/mol. The molecule has 92 valence electrons. The number of rotatable bonds is 1. The van der Waals surface area contributed by atoms with Crippen LogP contribution < -0.4 is 5.32 Å². The van der Waals surface area contributed by atoms with Crippen molar-refractivity contribution in [3.8, 4) is 6.07 Å². The van der Waals surface area contributed by atoms with Crippen LogP contribution in [-0.2, 0) is 0 Å². The molecule has 1 aliphatic heterocycles. The van der Waals surface area contributed by atoms with Gasteiger partial charge >= 0.3 is 0 Å². The van der Waals surface area contributed by atoms with E-state index in [2.05, 4.69) is 16.4 Å². The van der Waals surface area contributed by atoms with Gasteiger partial charge in [-0.15, -0.1) is 0 Å². The van der Waals surface area contributed by atoms with Crippen molar-refractivity contribution in [3.05, 3.63) is 34.8 Å². The maximum Gasteiger partial charge on any atom is 0.130 e. The maximum absolute atomic E-state index is 14.2. The summed E-state index contributed by atoms with van der Waals surface area (Å²) >= 11 is 0. The highest BCUT2D eigenvalue weighted by Gasteiger charge is 2.24. The number of H-pyrrole nitrogens is 1. The van der Waals surface area contributed by atoms with Crippen molar-refractivity contribution in [2.45, 2.75) is 25.8 Å². The predicted octanol–water partition coefficient (Wildman–Crippen LogP) is 2.91. The number of nitrogens with zero attached hydrogens (tertiary/aromatic N) is 1. The Morgan fingerprint density at radius 2 is 2.28 bits per heavy atom. The molecule has 0 bridgehead atoms. The first-order chi connectivity index (χ1) is 8.70. The van der Waals surface area contributed by atoms with Crippen LogP contribution in [0.2, 0.25) is 0 Å². The van der Waals surface area contributed by atoms with Gasteiger partial charge in [-0.05, 0) is 38.4 Å². The second-order valence-corrected chi connectivity index (χ2v) is 4.82. The number of nitrogens with one attached hydrogen (secondary N) is 2. The largest absolute Gasteiger partial charge is 0.358 e. The summed E-state index contributed by atoms with van der Waals surface area (Å²) in [5, 5.41) is 13.2. The Balaban J connectivity index is 2.30. The Hall–Kier alpha value is -1.86. The van der Waals surface area contributed by atoms with Crippen LogP contribution >= 0.6 is 0 Å². The number of aromatic nitrogens is 1. The van der Waals surface area contributed by atoms with E-state index in [0.29, 0.717) is 11.1 Å². The normalized spacial score (nSPS) is 19.3. The molecule has 2 N–H and O–H groups in total. The third-order valence-electron chi connectivity index (χ3n) is 3.57. The van der Waals surface area contributed by atoms with E-state index >= 15 is 0 Å². The minimum absolute atomic E-state index is 0.0652. The van der Waals surface area contributed by atoms with Gasteiger partial charge in [-0.25, -0.2) is 4.39 Å². The SMILES string of the molecule is Cc1cc2c(C3CCCN3)c(F)cc(C#N)c2[nH]1. The molecule has 0 amide bonds. The number of nitriles is 1. The van der Waals surface area contributed by atoms with E-state index in [4.69, 9.17) is 5.26 Å². The maximum atomic E-state index is 14.2. The lowest BCUT2D eigenvalue weighted by Crippen LogP contribution is -2.14. The van der Waals surface area contributed by atoms with Gasteiger partial charge in [0.1, 0.15) is 11.9 Å². The lowest BCUT2D eigenvalue weighted by atomic mass is 9.98. The van der Waals surface area contributed by atoms with E-state index in [9.17, 15) is 4.39 Å². The number of aromatic amines is 1. The van der Waals surface area contributed by atoms with Crippen LogP contribution in [0.25, 0.3) is 10.9 Å². The summed E-state index contributed by atoms with van der Waals surface area (Å²) < 4.78 is 14.2. The average molecular weight is 243 g/mol. The summed E-state index contributed by atoms with van der Waals surface area (Å²) in [4.78, 5) is 3.15. The molecule has 2 aromatic rings. The van der Waals surface area contributed by atoms with Crippen molar-refractivity contribution >= 4 is 10.9 Å². The summed E-state index contributed by atoms with van der Waals surface area (Å²) in [6.45, 7) is 2.85. The molecule has 1 atom stereocenters. The molecule has 0 saturated carbocycles. The lowest BCUT2D eigenvalue weighted by Gasteiger charge is -2.13. The van der Waals surface area contributed by atoms with E-state index < -0.39 is 0 Å². The van der Waals surface area contributed by atoms with Crippen molar-refractivity contribution < 1.29 is 4.39 Å². The molecule has 1 aromatic heterocycles. The molecular formula is C14H14FN3. The molecule has 1 aliphatic rings. The van der Waals surface area contributed by atoms with Crippen molar-refractivity contribution in [1.82, 2.24) is 10.3 Å². The van der Waals surface area contributed by atoms with Crippen LogP contribution in [0.15, 0.2) is 12.1 Å². The van der Waals surface area contributed by atoms with Crippen LogP contribution in [0.3, 0.4) is 0 Å². The standard InChI is InChI=1S/C14H14FN3/c1-8-5-10-13(12-3-2-4-17-12)11(15)6-9(7-16)14(10)18-8/h5-6,12,17-18H,2-4H2,1H3. The van der Waals surface area contributed by atoms with E-state index in [1.807, 2.05) is 13.0 Å². The van der Waals surface area contributed by atoms with Crippen molar-refractivity contribution in [2.75, 3.05) is 6.54 Å². The first-order valence-corrected chi connectivity index (χ1v) is 6.16. The zero-order valence-corrected chi connectivity index (χ0v) is 10.2. The van der Waals surface area contributed by atoms with E-state index in [0.717, 1.165) is 36.0 Å². The fraction of sp³-hybridized carbons (Fsp3) is 0.357. The second kappa shape index (κ2) is 4.11. The highest BCUT2D eigenvalue weighted by atomic mass is 19.1. The quantitative estimate of drug-likeness (QED) is 0.809. The van der Waals surface area contributed by atoms with Crippen LogP contribution in [-0.4, -0.2) is 11.5 Å². The monoisotopic (exact) mass is 243 g/mol. The molecule has 1 fully saturated rings. The minimum atomic E-state index is -0.280. The lowest BCUT2D eigenvalue weighted by molar-refractivity contribution is 0.563. The zero-order chi connectivity index (χ0) is 12.7. The number of aryl methyl sites for hydroxylation is 1. The van der Waals surface area contributed by atoms with Gasteiger partial charge in [0.25, 0.3) is 0 Å². The summed E-state index contributed by atoms with van der Waals surface area (Å²) in [6, 6.07) is 5.38. The first-order valence-electron chi connectivity index (χ1n) is 6.16. The summed E-state index contributed by atoms with van der Waals surface area (Å²) in [5.41, 5.74) is 2.77. The van der Waals surface area contributed by atoms with E-state index in [1.54, 1.807) is 0 Å². The fourth-order valence-electron chi connectivity index (χ4n) is 2.79. The van der Waals surface area contributed by atoms with Crippen molar-refractivity contribution in [1.29, 1.82) is 5.26 Å². The Morgan fingerprint density at radius 1 is 1.44 bits per heavy atom. The molecule has 2 heterocycles. The van der Waals surface area contributed by atoms with Gasteiger partial charge < -0.3 is 10.3 Å². The third-order valence-corrected chi connectivity index (χ3v) is 3.57. The van der Waals surface area contributed by atoms with Gasteiger partial charge in [-0.3, -0.25) is 0 Å². The van der Waals surface area contributed by atoms with Crippen LogP contribution in [0, 0.1) is 24.1 Å². The van der Waals surface area contributed by atoms with Gasteiger partial charge in [0.15, 0.2) is 0 Å². The smallest absolute Gasteiger partial charge is 0.130 e. The van der Waals surface area contributed by atoms with Crippen molar-refractivity contribution in [2.24, 2.45) is 0 Å². The number of halogens is 1. The Bertz CT molecular complexity index is 645. The summed E-state index contributed by atoms with van der Waals surface area (Å²) in [6.07, 6.45) is 2.01. The number of hydrogen-bond donors (Lipinski definition) is 2. The summed E-state index contributed by atoms with van der Waals surface area (Å²) in [7, 11) is 0. The van der Waals surface area contributed by atoms with Gasteiger partial charge in [0, 0.05) is 22.7 Å². The second-order valence-electron chi connectivity index (χ2n) is 4.82. The first kappa shape index (κ1) is 11.2. The molecule has 0 aliphatic carbocycles. The molecule has 1 aromatic carbocycles. The number of benzene rings is 1. The molecule has 0 radical (unpaired) electrons. The van der Waals surface area contributed by atoms with Gasteiger partial charge in [0.2, 0.25) is 0 Å². The molecule has 3 nitrogen and oxygen atoms in total. The zero-order valence-electron chi connectivity index (χ0n) is 10.2. The van der Waals surface area contributed by atoms with Crippen LogP contribution in [0.4, 0.5) is 4.39 Å². The molecule has 3 rings (SSSR count).